The molecule has 0 spiro atoms. The Kier molecular flexibility index (Phi) is 57.0. The Balaban J connectivity index is 4.81. The van der Waals surface area contributed by atoms with Gasteiger partial charge < -0.3 is 34.2 Å². The molecule has 0 saturated heterocycles. The van der Waals surface area contributed by atoms with Gasteiger partial charge in [-0.1, -0.05) is 199 Å². The van der Waals surface area contributed by atoms with Gasteiger partial charge in [-0.3, -0.25) is 32.5 Å². The zero-order valence-corrected chi connectivity index (χ0v) is 53.8. The first-order valence-electron chi connectivity index (χ1n) is 31.5. The Morgan fingerprint density at radius 2 is 0.635 bits per heavy atom. The van der Waals surface area contributed by atoms with Gasteiger partial charge in [0.2, 0.25) is 0 Å². The molecule has 0 rings (SSSR count). The van der Waals surface area contributed by atoms with Gasteiger partial charge in [-0.05, 0) is 128 Å². The van der Waals surface area contributed by atoms with Crippen molar-refractivity contribution in [3.8, 4) is 0 Å². The minimum atomic E-state index is -4.94. The lowest BCUT2D eigenvalue weighted by atomic mass is 10.1. The van der Waals surface area contributed by atoms with E-state index in [2.05, 4.69) is 142 Å². The van der Waals surface area contributed by atoms with Crippen LogP contribution < -0.4 is 0 Å². The van der Waals surface area contributed by atoms with E-state index in [4.69, 9.17) is 32.3 Å². The van der Waals surface area contributed by atoms with Gasteiger partial charge in [0.15, 0.2) is 6.10 Å². The van der Waals surface area contributed by atoms with E-state index in [1.807, 2.05) is 12.2 Å². The van der Waals surface area contributed by atoms with Gasteiger partial charge in [-0.15, -0.1) is 0 Å². The second kappa shape index (κ2) is 60.0. The van der Waals surface area contributed by atoms with Crippen molar-refractivity contribution in [1.29, 1.82) is 0 Å². The number of allylic oxidation sites excluding steroid dienone is 22. The van der Waals surface area contributed by atoms with Crippen molar-refractivity contribution in [3.05, 3.63) is 134 Å². The SMILES string of the molecule is CC/C=C\C/C=C\C/C=C\C/C=C\C/C=C\CCCC(=O)OCC(O)COP(=O)(O)OCC(O)COP(=O)(O)OCC(COC(=O)CCCCCC/C=C\C/C=C\C/C=C\C/C=C\CC)OC(=O)CCCCCCC/C=C\C/C=C\CCCCC. The Hall–Kier alpha value is -4.31. The molecule has 4 N–H and O–H groups in total. The van der Waals surface area contributed by atoms with Crippen molar-refractivity contribution in [2.24, 2.45) is 0 Å². The number of phosphoric ester groups is 2. The zero-order chi connectivity index (χ0) is 62.4. The molecule has 484 valence electrons. The number of hydrogen-bond donors (Lipinski definition) is 4. The molecular formula is C67H110O16P2. The zero-order valence-electron chi connectivity index (χ0n) is 52.0. The highest BCUT2D eigenvalue weighted by atomic mass is 31.2. The first-order chi connectivity index (χ1) is 41.2. The molecule has 85 heavy (non-hydrogen) atoms. The molecule has 0 aliphatic rings. The minimum absolute atomic E-state index is 0.0770. The summed E-state index contributed by atoms with van der Waals surface area (Å²) in [5.41, 5.74) is 0. The summed E-state index contributed by atoms with van der Waals surface area (Å²) >= 11 is 0. The first-order valence-corrected chi connectivity index (χ1v) is 34.5. The number of phosphoric acid groups is 2. The van der Waals surface area contributed by atoms with Crippen LogP contribution in [0.3, 0.4) is 0 Å². The average molecular weight is 1230 g/mol. The number of carbonyl (C=O) groups excluding carboxylic acids is 3. The van der Waals surface area contributed by atoms with Crippen molar-refractivity contribution in [3.63, 3.8) is 0 Å². The van der Waals surface area contributed by atoms with Gasteiger partial charge in [0, 0.05) is 19.3 Å². The Morgan fingerprint density at radius 3 is 1.04 bits per heavy atom. The predicted octanol–water partition coefficient (Wildman–Crippen LogP) is 16.9. The number of aliphatic hydroxyl groups is 2. The third-order valence-corrected chi connectivity index (χ3v) is 14.2. The predicted molar refractivity (Wildman–Crippen MR) is 343 cm³/mol. The quantitative estimate of drug-likeness (QED) is 0.0146. The van der Waals surface area contributed by atoms with Crippen LogP contribution in [0.2, 0.25) is 0 Å². The minimum Gasteiger partial charge on any atom is -0.463 e. The van der Waals surface area contributed by atoms with E-state index in [1.54, 1.807) is 0 Å². The summed E-state index contributed by atoms with van der Waals surface area (Å²) in [6, 6.07) is 0. The van der Waals surface area contributed by atoms with Gasteiger partial charge in [0.05, 0.1) is 26.4 Å². The van der Waals surface area contributed by atoms with E-state index in [9.17, 15) is 43.5 Å². The topological polar surface area (TPSA) is 231 Å². The van der Waals surface area contributed by atoms with Crippen molar-refractivity contribution in [2.45, 2.75) is 232 Å². The van der Waals surface area contributed by atoms with Crippen LogP contribution >= 0.6 is 15.6 Å². The number of aliphatic hydroxyl groups excluding tert-OH is 2. The van der Waals surface area contributed by atoms with Crippen molar-refractivity contribution in [1.82, 2.24) is 0 Å². The molecule has 0 bridgehead atoms. The lowest BCUT2D eigenvalue weighted by Crippen LogP contribution is -2.30. The summed E-state index contributed by atoms with van der Waals surface area (Å²) in [4.78, 5) is 58.2. The van der Waals surface area contributed by atoms with Crippen LogP contribution in [0.1, 0.15) is 213 Å². The molecule has 0 heterocycles. The smallest absolute Gasteiger partial charge is 0.463 e. The first kappa shape index (κ1) is 80.7. The maximum Gasteiger partial charge on any atom is 0.472 e. The van der Waals surface area contributed by atoms with E-state index >= 15 is 0 Å². The molecule has 0 aromatic heterocycles. The van der Waals surface area contributed by atoms with Crippen LogP contribution in [-0.2, 0) is 55.8 Å². The number of esters is 3. The molecule has 5 unspecified atom stereocenters. The summed E-state index contributed by atoms with van der Waals surface area (Å²) in [5, 5.41) is 20.5. The fourth-order valence-electron chi connectivity index (χ4n) is 7.57. The Labute approximate surface area is 512 Å². The van der Waals surface area contributed by atoms with Gasteiger partial charge in [0.1, 0.15) is 25.4 Å². The van der Waals surface area contributed by atoms with Crippen LogP contribution in [0, 0.1) is 0 Å². The summed E-state index contributed by atoms with van der Waals surface area (Å²) in [6.45, 7) is 2.26. The molecule has 0 saturated carbocycles. The van der Waals surface area contributed by atoms with E-state index in [-0.39, 0.29) is 19.3 Å². The fourth-order valence-corrected chi connectivity index (χ4v) is 9.15. The van der Waals surface area contributed by atoms with Gasteiger partial charge in [0.25, 0.3) is 0 Å². The highest BCUT2D eigenvalue weighted by molar-refractivity contribution is 7.47. The van der Waals surface area contributed by atoms with Crippen LogP contribution in [0.5, 0.6) is 0 Å². The van der Waals surface area contributed by atoms with Crippen molar-refractivity contribution >= 4 is 33.6 Å². The highest BCUT2D eigenvalue weighted by Gasteiger charge is 2.29. The molecule has 16 nitrogen and oxygen atoms in total. The molecule has 0 amide bonds. The lowest BCUT2D eigenvalue weighted by molar-refractivity contribution is -0.161. The number of hydrogen-bond acceptors (Lipinski definition) is 14. The maximum absolute atomic E-state index is 12.9. The highest BCUT2D eigenvalue weighted by Crippen LogP contribution is 2.45. The normalized spacial score (nSPS) is 15.2. The van der Waals surface area contributed by atoms with E-state index in [0.29, 0.717) is 25.7 Å². The standard InChI is InChI=1S/C67H110O16P2/c1-4-7-10-13-16-19-22-25-28-30-33-35-38-41-44-47-50-53-65(70)77-56-62(68)57-79-84(73,74)80-58-63(69)59-81-85(75,76)82-61-64(83-67(72)55-52-49-46-43-40-37-32-27-24-21-18-15-12-9-6-3)60-78-66(71)54-51-48-45-42-39-36-34-31-29-26-23-20-17-14-11-8-5-2/h7-8,10-11,16-21,25-29,32-36,41,44,62-64,68-69H,4-6,9,12-15,22-24,30-31,37-40,42-43,45-61H2,1-3H3,(H,73,74)(H,75,76)/b10-7-,11-8-,19-16-,20-17-,21-18-,28-25-,29-26-,32-27-,35-33-,36-34-,44-41-. The van der Waals surface area contributed by atoms with E-state index < -0.39 is 91.5 Å². The number of rotatable bonds is 58. The summed E-state index contributed by atoms with van der Waals surface area (Å²) in [7, 11) is -9.80. The summed E-state index contributed by atoms with van der Waals surface area (Å²) in [6.07, 6.45) is 68.0. The second-order valence-corrected chi connectivity index (χ2v) is 23.3. The third kappa shape index (κ3) is 61.1. The molecule has 0 fully saturated rings. The summed E-state index contributed by atoms with van der Waals surface area (Å²) < 4.78 is 60.6. The monoisotopic (exact) mass is 1230 g/mol. The van der Waals surface area contributed by atoms with Crippen molar-refractivity contribution in [2.75, 3.05) is 39.6 Å². The van der Waals surface area contributed by atoms with Gasteiger partial charge in [-0.25, -0.2) is 9.13 Å². The molecule has 0 aromatic rings. The maximum atomic E-state index is 12.9. The molecule has 0 aliphatic heterocycles. The number of carbonyl (C=O) groups is 3. The third-order valence-electron chi connectivity index (χ3n) is 12.3. The average Bonchev–Trinajstić information content (AvgIpc) is 3.48. The molecule has 0 radical (unpaired) electrons. The number of unbranched alkanes of at least 4 members (excludes halogenated alkanes) is 13. The van der Waals surface area contributed by atoms with Crippen LogP contribution in [-0.4, -0.2) is 95.9 Å². The molecule has 0 aromatic carbocycles. The lowest BCUT2D eigenvalue weighted by Gasteiger charge is -2.21. The van der Waals surface area contributed by atoms with Gasteiger partial charge >= 0.3 is 33.6 Å². The largest absolute Gasteiger partial charge is 0.472 e. The fraction of sp³-hybridized carbons (Fsp3) is 0.627. The summed E-state index contributed by atoms with van der Waals surface area (Å²) in [5.74, 6) is -1.69. The number of ether oxygens (including phenoxy) is 3. The van der Waals surface area contributed by atoms with E-state index in [0.717, 1.165) is 128 Å². The molecular weight excluding hydrogens is 1120 g/mol. The Morgan fingerprint density at radius 1 is 0.341 bits per heavy atom. The van der Waals surface area contributed by atoms with E-state index in [1.165, 1.54) is 19.3 Å². The van der Waals surface area contributed by atoms with Crippen LogP contribution in [0.15, 0.2) is 134 Å². The molecule has 18 heteroatoms. The Bertz CT molecular complexity index is 2090. The van der Waals surface area contributed by atoms with Crippen molar-refractivity contribution < 1.29 is 75.8 Å². The van der Waals surface area contributed by atoms with Gasteiger partial charge in [-0.2, -0.15) is 0 Å². The second-order valence-electron chi connectivity index (χ2n) is 20.4. The molecule has 0 aliphatic carbocycles. The van der Waals surface area contributed by atoms with Crippen LogP contribution in [0.25, 0.3) is 0 Å². The van der Waals surface area contributed by atoms with Crippen LogP contribution in [0.4, 0.5) is 0 Å². The molecule has 5 atom stereocenters.